The van der Waals surface area contributed by atoms with Crippen LogP contribution in [0, 0.1) is 6.92 Å². The highest BCUT2D eigenvalue weighted by Crippen LogP contribution is 2.26. The zero-order valence-corrected chi connectivity index (χ0v) is 19.4. The van der Waals surface area contributed by atoms with Crippen molar-refractivity contribution in [1.29, 1.82) is 0 Å². The van der Waals surface area contributed by atoms with Gasteiger partial charge in [0.25, 0.3) is 0 Å². The maximum absolute atomic E-state index is 6.15. The van der Waals surface area contributed by atoms with E-state index in [-0.39, 0.29) is 12.0 Å². The smallest absolute Gasteiger partial charge is 0.247 e. The number of hydrogen-bond acceptors (Lipinski definition) is 8. The van der Waals surface area contributed by atoms with Crippen molar-refractivity contribution in [2.24, 2.45) is 0 Å². The molecule has 4 rings (SSSR count). The van der Waals surface area contributed by atoms with Gasteiger partial charge in [0.15, 0.2) is 5.82 Å². The van der Waals surface area contributed by atoms with Crippen LogP contribution < -0.4 is 10.6 Å². The second-order valence-electron chi connectivity index (χ2n) is 8.49. The van der Waals surface area contributed by atoms with Crippen LogP contribution in [0.2, 0.25) is 0 Å². The fraction of sp³-hybridized carbons (Fsp3) is 0.304. The second kappa shape index (κ2) is 9.04. The first-order valence-electron chi connectivity index (χ1n) is 10.2. The number of ether oxygens (including phenoxy) is 1. The Morgan fingerprint density at radius 3 is 2.38 bits per heavy atom. The molecule has 0 amide bonds. The third-order valence-electron chi connectivity index (χ3n) is 4.91. The normalized spacial score (nSPS) is 11.6. The van der Waals surface area contributed by atoms with Gasteiger partial charge in [0, 0.05) is 5.56 Å². The van der Waals surface area contributed by atoms with Gasteiger partial charge in [-0.15, -0.1) is 20.4 Å². The Hall–Kier alpha value is -3.33. The standard InChI is InChI=1S/C23H26N6O2S/c1-15-5-7-16(8-6-15)21-27-26-20(31-21)14-32-22-28-25-19(29(22)24)13-30-18-11-9-17(10-12-18)23(2,3)4/h5-12H,13-14,24H2,1-4H3. The van der Waals surface area contributed by atoms with Crippen molar-refractivity contribution in [1.82, 2.24) is 25.1 Å². The van der Waals surface area contributed by atoms with E-state index in [9.17, 15) is 0 Å². The Labute approximate surface area is 191 Å². The summed E-state index contributed by atoms with van der Waals surface area (Å²) in [5.74, 6) is 8.84. The predicted molar refractivity (Wildman–Crippen MR) is 124 cm³/mol. The number of nitrogens with zero attached hydrogens (tertiary/aromatic N) is 5. The summed E-state index contributed by atoms with van der Waals surface area (Å²) in [7, 11) is 0. The van der Waals surface area contributed by atoms with E-state index in [0.29, 0.717) is 28.5 Å². The van der Waals surface area contributed by atoms with E-state index in [0.717, 1.165) is 11.3 Å². The van der Waals surface area contributed by atoms with E-state index in [1.807, 2.05) is 43.3 Å². The van der Waals surface area contributed by atoms with Gasteiger partial charge in [0.05, 0.1) is 5.75 Å². The number of benzene rings is 2. The van der Waals surface area contributed by atoms with Gasteiger partial charge in [-0.3, -0.25) is 0 Å². The minimum absolute atomic E-state index is 0.0986. The molecule has 2 N–H and O–H groups in total. The number of aryl methyl sites for hydroxylation is 1. The van der Waals surface area contributed by atoms with Gasteiger partial charge in [0.2, 0.25) is 16.9 Å². The molecule has 4 aromatic rings. The lowest BCUT2D eigenvalue weighted by atomic mass is 9.87. The summed E-state index contributed by atoms with van der Waals surface area (Å²) < 4.78 is 13.0. The van der Waals surface area contributed by atoms with Crippen LogP contribution >= 0.6 is 11.8 Å². The van der Waals surface area contributed by atoms with Crippen LogP contribution in [0.15, 0.2) is 58.1 Å². The Bertz CT molecular complexity index is 1180. The van der Waals surface area contributed by atoms with E-state index in [4.69, 9.17) is 15.0 Å². The maximum atomic E-state index is 6.15. The van der Waals surface area contributed by atoms with Crippen LogP contribution in [0.4, 0.5) is 0 Å². The van der Waals surface area contributed by atoms with Crippen LogP contribution in [-0.4, -0.2) is 25.1 Å². The van der Waals surface area contributed by atoms with Gasteiger partial charge in [0.1, 0.15) is 12.4 Å². The van der Waals surface area contributed by atoms with E-state index in [2.05, 4.69) is 53.3 Å². The van der Waals surface area contributed by atoms with E-state index in [1.165, 1.54) is 27.6 Å². The van der Waals surface area contributed by atoms with Crippen LogP contribution in [0.1, 0.15) is 43.6 Å². The molecule has 0 bridgehead atoms. The van der Waals surface area contributed by atoms with Crippen LogP contribution in [0.5, 0.6) is 5.75 Å². The lowest BCUT2D eigenvalue weighted by Crippen LogP contribution is -2.16. The summed E-state index contributed by atoms with van der Waals surface area (Å²) in [4.78, 5) is 0. The van der Waals surface area contributed by atoms with Crippen molar-refractivity contribution in [2.45, 2.75) is 50.6 Å². The molecule has 8 nitrogen and oxygen atoms in total. The number of nitrogens with two attached hydrogens (primary N) is 1. The van der Waals surface area contributed by atoms with Crippen molar-refractivity contribution < 1.29 is 9.15 Å². The van der Waals surface area contributed by atoms with Gasteiger partial charge in [-0.1, -0.05) is 62.4 Å². The molecule has 2 aromatic heterocycles. The Morgan fingerprint density at radius 2 is 1.69 bits per heavy atom. The van der Waals surface area contributed by atoms with Gasteiger partial charge < -0.3 is 15.0 Å². The highest BCUT2D eigenvalue weighted by atomic mass is 32.2. The molecule has 0 aliphatic carbocycles. The molecule has 0 saturated heterocycles. The van der Waals surface area contributed by atoms with E-state index < -0.39 is 0 Å². The van der Waals surface area contributed by atoms with Crippen molar-refractivity contribution in [3.63, 3.8) is 0 Å². The first-order valence-corrected chi connectivity index (χ1v) is 11.2. The number of aromatic nitrogens is 5. The molecule has 0 radical (unpaired) electrons. The average Bonchev–Trinajstić information content (AvgIpc) is 3.38. The molecule has 0 atom stereocenters. The number of nitrogen functional groups attached to an aromatic ring is 1. The third kappa shape index (κ3) is 5.11. The first kappa shape index (κ1) is 21.9. The minimum Gasteiger partial charge on any atom is -0.486 e. The van der Waals surface area contributed by atoms with Gasteiger partial charge in [-0.25, -0.2) is 4.68 Å². The summed E-state index contributed by atoms with van der Waals surface area (Å²) >= 11 is 1.37. The molecule has 166 valence electrons. The first-order chi connectivity index (χ1) is 15.3. The minimum atomic E-state index is 0.0986. The maximum Gasteiger partial charge on any atom is 0.247 e. The molecule has 32 heavy (non-hydrogen) atoms. The monoisotopic (exact) mass is 450 g/mol. The van der Waals surface area contributed by atoms with E-state index >= 15 is 0 Å². The van der Waals surface area contributed by atoms with Gasteiger partial charge in [-0.2, -0.15) is 0 Å². The average molecular weight is 451 g/mol. The second-order valence-corrected chi connectivity index (χ2v) is 9.43. The fourth-order valence-electron chi connectivity index (χ4n) is 2.95. The zero-order chi connectivity index (χ0) is 22.7. The summed E-state index contributed by atoms with van der Waals surface area (Å²) in [5.41, 5.74) is 3.41. The van der Waals surface area contributed by atoms with Crippen molar-refractivity contribution in [3.05, 3.63) is 71.4 Å². The molecule has 0 spiro atoms. The van der Waals surface area contributed by atoms with Gasteiger partial charge >= 0.3 is 0 Å². The molecule has 0 saturated carbocycles. The molecule has 0 fully saturated rings. The fourth-order valence-corrected chi connectivity index (χ4v) is 3.67. The number of rotatable bonds is 7. The summed E-state index contributed by atoms with van der Waals surface area (Å²) in [6.45, 7) is 8.78. The Morgan fingerprint density at radius 1 is 0.969 bits per heavy atom. The van der Waals surface area contributed by atoms with Crippen molar-refractivity contribution >= 4 is 11.8 Å². The molecule has 0 aliphatic rings. The van der Waals surface area contributed by atoms with Crippen LogP contribution in [0.3, 0.4) is 0 Å². The van der Waals surface area contributed by atoms with Gasteiger partial charge in [-0.05, 0) is 42.2 Å². The SMILES string of the molecule is Cc1ccc(-c2nnc(CSc3nnc(COc4ccc(C(C)(C)C)cc4)n3N)o2)cc1. The number of thioether (sulfide) groups is 1. The molecule has 9 heteroatoms. The van der Waals surface area contributed by atoms with Crippen molar-refractivity contribution in [2.75, 3.05) is 5.84 Å². The Kier molecular flexibility index (Phi) is 6.18. The molecular formula is C23H26N6O2S. The molecule has 0 unspecified atom stereocenters. The highest BCUT2D eigenvalue weighted by Gasteiger charge is 2.15. The Balaban J connectivity index is 1.34. The highest BCUT2D eigenvalue weighted by molar-refractivity contribution is 7.98. The summed E-state index contributed by atoms with van der Waals surface area (Å²) in [6.07, 6.45) is 0. The summed E-state index contributed by atoms with van der Waals surface area (Å²) in [5, 5.41) is 17.0. The molecule has 2 aromatic carbocycles. The van der Waals surface area contributed by atoms with Crippen LogP contribution in [0.25, 0.3) is 11.5 Å². The third-order valence-corrected chi connectivity index (χ3v) is 5.84. The molecule has 0 aliphatic heterocycles. The number of hydrogen-bond donors (Lipinski definition) is 1. The molecular weight excluding hydrogens is 424 g/mol. The van der Waals surface area contributed by atoms with Crippen molar-refractivity contribution in [3.8, 4) is 17.2 Å². The lowest BCUT2D eigenvalue weighted by molar-refractivity contribution is 0.291. The zero-order valence-electron chi connectivity index (χ0n) is 18.6. The van der Waals surface area contributed by atoms with Crippen LogP contribution in [-0.2, 0) is 17.8 Å². The predicted octanol–water partition coefficient (Wildman–Crippen LogP) is 4.52. The van der Waals surface area contributed by atoms with E-state index in [1.54, 1.807) is 0 Å². The summed E-state index contributed by atoms with van der Waals surface area (Å²) in [6, 6.07) is 16.0. The topological polar surface area (TPSA) is 105 Å². The largest absolute Gasteiger partial charge is 0.486 e. The lowest BCUT2D eigenvalue weighted by Gasteiger charge is -2.19. The molecule has 2 heterocycles. The quantitative estimate of drug-likeness (QED) is 0.324.